The Morgan fingerprint density at radius 2 is 1.64 bits per heavy atom. The van der Waals surface area contributed by atoms with Crippen molar-refractivity contribution >= 4 is 11.9 Å². The number of hydrogen-bond acceptors (Lipinski definition) is 5. The highest BCUT2D eigenvalue weighted by molar-refractivity contribution is 5.70. The lowest BCUT2D eigenvalue weighted by molar-refractivity contribution is -0.873. The maximum Gasteiger partial charge on any atom is 0.306 e. The topological polar surface area (TPSA) is 86.7 Å². The van der Waals surface area contributed by atoms with E-state index in [0.29, 0.717) is 23.9 Å². The largest absolute Gasteiger partial charge is 0.550 e. The van der Waals surface area contributed by atoms with Crippen molar-refractivity contribution in [3.63, 3.8) is 0 Å². The van der Waals surface area contributed by atoms with Gasteiger partial charge in [-0.2, -0.15) is 0 Å². The van der Waals surface area contributed by atoms with Crippen LogP contribution in [0.3, 0.4) is 0 Å². The average molecular weight is 360 g/mol. The minimum atomic E-state index is -1.22. The molecule has 2 unspecified atom stereocenters. The summed E-state index contributed by atoms with van der Waals surface area (Å²) in [7, 11) is 5.73. The fraction of sp³-hybridized carbons (Fsp3) is 0.895. The first-order valence-corrected chi connectivity index (χ1v) is 9.52. The number of aliphatic hydroxyl groups is 1. The minimum absolute atomic E-state index is 0.202. The Kier molecular flexibility index (Phi) is 12.5. The van der Waals surface area contributed by atoms with Crippen molar-refractivity contribution in [2.24, 2.45) is 0 Å². The van der Waals surface area contributed by atoms with Crippen LogP contribution in [-0.4, -0.2) is 61.4 Å². The molecule has 0 aliphatic heterocycles. The number of esters is 1. The molecule has 0 saturated carbocycles. The monoisotopic (exact) mass is 359 g/mol. The molecule has 0 aromatic carbocycles. The van der Waals surface area contributed by atoms with E-state index >= 15 is 0 Å². The van der Waals surface area contributed by atoms with Crippen LogP contribution in [0.15, 0.2) is 0 Å². The minimum Gasteiger partial charge on any atom is -0.550 e. The van der Waals surface area contributed by atoms with Gasteiger partial charge in [-0.05, 0) is 19.3 Å². The Bertz CT molecular complexity index is 379. The highest BCUT2D eigenvalue weighted by Gasteiger charge is 2.22. The summed E-state index contributed by atoms with van der Waals surface area (Å²) in [5.41, 5.74) is 0. The molecule has 0 amide bonds. The van der Waals surface area contributed by atoms with E-state index in [4.69, 9.17) is 4.74 Å². The van der Waals surface area contributed by atoms with Crippen LogP contribution in [0.4, 0.5) is 0 Å². The van der Waals surface area contributed by atoms with Gasteiger partial charge in [-0.15, -0.1) is 0 Å². The maximum atomic E-state index is 11.9. The van der Waals surface area contributed by atoms with E-state index in [2.05, 4.69) is 6.92 Å². The molecule has 2 atom stereocenters. The van der Waals surface area contributed by atoms with E-state index < -0.39 is 18.0 Å². The number of rotatable bonds is 15. The molecule has 0 saturated heterocycles. The SMILES string of the molecule is CCCCCCCC(O)CCCC(=O)OC(CC(=O)[O-])C[N+](C)(C)C. The predicted molar refractivity (Wildman–Crippen MR) is 95.6 cm³/mol. The van der Waals surface area contributed by atoms with Gasteiger partial charge in [0.2, 0.25) is 0 Å². The molecule has 0 bridgehead atoms. The van der Waals surface area contributed by atoms with E-state index in [-0.39, 0.29) is 18.9 Å². The van der Waals surface area contributed by atoms with Crippen molar-refractivity contribution < 1.29 is 29.0 Å². The van der Waals surface area contributed by atoms with E-state index in [1.165, 1.54) is 19.3 Å². The van der Waals surface area contributed by atoms with E-state index in [9.17, 15) is 19.8 Å². The molecule has 0 fully saturated rings. The Morgan fingerprint density at radius 1 is 1.04 bits per heavy atom. The normalized spacial score (nSPS) is 14.1. The summed E-state index contributed by atoms with van der Waals surface area (Å²) in [5, 5.41) is 20.7. The first kappa shape index (κ1) is 23.9. The number of aliphatic carboxylic acids is 1. The Hall–Kier alpha value is -1.14. The zero-order chi connectivity index (χ0) is 19.3. The van der Waals surface area contributed by atoms with Gasteiger partial charge in [-0.3, -0.25) is 4.79 Å². The summed E-state index contributed by atoms with van der Waals surface area (Å²) >= 11 is 0. The highest BCUT2D eigenvalue weighted by atomic mass is 16.5. The van der Waals surface area contributed by atoms with Crippen molar-refractivity contribution in [3.8, 4) is 0 Å². The van der Waals surface area contributed by atoms with Crippen LogP contribution in [0, 0.1) is 0 Å². The molecule has 0 heterocycles. The average Bonchev–Trinajstić information content (AvgIpc) is 2.44. The molecule has 6 nitrogen and oxygen atoms in total. The number of ether oxygens (including phenoxy) is 1. The number of unbranched alkanes of at least 4 members (excludes halogenated alkanes) is 4. The second-order valence-corrected chi connectivity index (χ2v) is 7.91. The molecule has 0 aromatic rings. The summed E-state index contributed by atoms with van der Waals surface area (Å²) in [6.45, 7) is 2.59. The van der Waals surface area contributed by atoms with Crippen LogP contribution in [-0.2, 0) is 14.3 Å². The molecule has 148 valence electrons. The van der Waals surface area contributed by atoms with Gasteiger partial charge < -0.3 is 24.2 Å². The molecule has 0 aliphatic carbocycles. The van der Waals surface area contributed by atoms with Crippen molar-refractivity contribution in [3.05, 3.63) is 0 Å². The Morgan fingerprint density at radius 3 is 2.20 bits per heavy atom. The lowest BCUT2D eigenvalue weighted by Crippen LogP contribution is -2.45. The van der Waals surface area contributed by atoms with Crippen molar-refractivity contribution in [1.82, 2.24) is 0 Å². The molecular formula is C19H37NO5. The molecule has 0 radical (unpaired) electrons. The van der Waals surface area contributed by atoms with Crippen LogP contribution in [0.1, 0.15) is 71.1 Å². The number of carboxylic acid groups (broad SMARTS) is 1. The summed E-state index contributed by atoms with van der Waals surface area (Å²) in [6, 6.07) is 0. The lowest BCUT2D eigenvalue weighted by Gasteiger charge is -2.29. The lowest BCUT2D eigenvalue weighted by atomic mass is 10.0. The van der Waals surface area contributed by atoms with Crippen LogP contribution in [0.25, 0.3) is 0 Å². The number of carbonyl (C=O) groups is 2. The van der Waals surface area contributed by atoms with Gasteiger partial charge in [0, 0.05) is 18.8 Å². The van der Waals surface area contributed by atoms with Gasteiger partial charge in [0.15, 0.2) is 6.10 Å². The van der Waals surface area contributed by atoms with Gasteiger partial charge in [-0.25, -0.2) is 0 Å². The quantitative estimate of drug-likeness (QED) is 0.273. The number of carboxylic acids is 1. The Balaban J connectivity index is 3.99. The number of aliphatic hydroxyl groups excluding tert-OH is 1. The highest BCUT2D eigenvalue weighted by Crippen LogP contribution is 2.13. The van der Waals surface area contributed by atoms with Crippen molar-refractivity contribution in [1.29, 1.82) is 0 Å². The maximum absolute atomic E-state index is 11.9. The standard InChI is InChI=1S/C19H37NO5/c1-5-6-7-8-9-11-16(21)12-10-13-19(24)25-17(14-18(22)23)15-20(2,3)4/h16-17,21H,5-15H2,1-4H3. The van der Waals surface area contributed by atoms with Gasteiger partial charge in [0.25, 0.3) is 0 Å². The molecule has 0 aliphatic rings. The third-order valence-electron chi connectivity index (χ3n) is 4.00. The van der Waals surface area contributed by atoms with E-state index in [0.717, 1.165) is 19.3 Å². The molecule has 0 rings (SSSR count). The summed E-state index contributed by atoms with van der Waals surface area (Å²) < 4.78 is 5.79. The number of quaternary nitrogens is 1. The molecule has 0 aromatic heterocycles. The first-order valence-electron chi connectivity index (χ1n) is 9.52. The van der Waals surface area contributed by atoms with Gasteiger partial charge in [0.05, 0.1) is 27.2 Å². The van der Waals surface area contributed by atoms with Crippen LogP contribution >= 0.6 is 0 Å². The molecule has 0 spiro atoms. The summed E-state index contributed by atoms with van der Waals surface area (Å²) in [4.78, 5) is 22.7. The molecule has 6 heteroatoms. The number of carbonyl (C=O) groups excluding carboxylic acids is 2. The molecule has 1 N–H and O–H groups in total. The van der Waals surface area contributed by atoms with Crippen LogP contribution < -0.4 is 5.11 Å². The van der Waals surface area contributed by atoms with Gasteiger partial charge >= 0.3 is 5.97 Å². The third kappa shape index (κ3) is 16.1. The van der Waals surface area contributed by atoms with Gasteiger partial charge in [-0.1, -0.05) is 39.0 Å². The molecular weight excluding hydrogens is 322 g/mol. The predicted octanol–water partition coefficient (Wildman–Crippen LogP) is 1.64. The van der Waals surface area contributed by atoms with E-state index in [1.807, 2.05) is 21.1 Å². The number of likely N-dealkylation sites (N-methyl/N-ethyl adjacent to an activating group) is 1. The first-order chi connectivity index (χ1) is 11.6. The van der Waals surface area contributed by atoms with E-state index in [1.54, 1.807) is 0 Å². The fourth-order valence-electron chi connectivity index (χ4n) is 2.79. The smallest absolute Gasteiger partial charge is 0.306 e. The summed E-state index contributed by atoms with van der Waals surface area (Å²) in [5.74, 6) is -1.63. The zero-order valence-electron chi connectivity index (χ0n) is 16.5. The summed E-state index contributed by atoms with van der Waals surface area (Å²) in [6.07, 6.45) is 6.57. The third-order valence-corrected chi connectivity index (χ3v) is 4.00. The second kappa shape index (κ2) is 13.1. The number of nitrogens with zero attached hydrogens (tertiary/aromatic N) is 1. The van der Waals surface area contributed by atoms with Crippen LogP contribution in [0.5, 0.6) is 0 Å². The van der Waals surface area contributed by atoms with Crippen molar-refractivity contribution in [2.45, 2.75) is 83.3 Å². The number of hydrogen-bond donors (Lipinski definition) is 1. The molecule has 25 heavy (non-hydrogen) atoms. The van der Waals surface area contributed by atoms with Gasteiger partial charge in [0.1, 0.15) is 6.54 Å². The Labute approximate surface area is 152 Å². The van der Waals surface area contributed by atoms with Crippen molar-refractivity contribution in [2.75, 3.05) is 27.7 Å². The zero-order valence-corrected chi connectivity index (χ0v) is 16.5. The van der Waals surface area contributed by atoms with Crippen LogP contribution in [0.2, 0.25) is 0 Å². The second-order valence-electron chi connectivity index (χ2n) is 7.91. The fourth-order valence-corrected chi connectivity index (χ4v) is 2.79.